The molecule has 108 valence electrons. The molecular formula is C13H15BrN2O4. The van der Waals surface area contributed by atoms with E-state index < -0.39 is 17.4 Å². The number of carboxylic acids is 1. The van der Waals surface area contributed by atoms with Gasteiger partial charge in [-0.05, 0) is 34.1 Å². The van der Waals surface area contributed by atoms with Crippen LogP contribution in [0.5, 0.6) is 0 Å². The molecule has 0 unspecified atom stereocenters. The topological polar surface area (TPSA) is 102 Å². The van der Waals surface area contributed by atoms with Gasteiger partial charge in [0.1, 0.15) is 5.54 Å². The SMILES string of the molecule is Nc1cc(C(=O)NC2(C(=O)O)CCOCC2)ccc1Br. The number of aliphatic carboxylic acids is 1. The Balaban J connectivity index is 2.20. The van der Waals surface area contributed by atoms with Crippen molar-refractivity contribution in [3.8, 4) is 0 Å². The van der Waals surface area contributed by atoms with Crippen LogP contribution in [0.4, 0.5) is 5.69 Å². The molecule has 1 heterocycles. The molecule has 4 N–H and O–H groups in total. The van der Waals surface area contributed by atoms with E-state index in [0.717, 1.165) is 0 Å². The zero-order valence-electron chi connectivity index (χ0n) is 10.7. The maximum absolute atomic E-state index is 12.2. The zero-order chi connectivity index (χ0) is 14.8. The van der Waals surface area contributed by atoms with Crippen molar-refractivity contribution in [2.24, 2.45) is 0 Å². The second-order valence-corrected chi connectivity index (χ2v) is 5.54. The first-order chi connectivity index (χ1) is 9.44. The molecule has 1 aliphatic heterocycles. The fourth-order valence-electron chi connectivity index (χ4n) is 2.09. The Bertz CT molecular complexity index is 541. The summed E-state index contributed by atoms with van der Waals surface area (Å²) in [7, 11) is 0. The number of nitrogen functional groups attached to an aromatic ring is 1. The largest absolute Gasteiger partial charge is 0.480 e. The van der Waals surface area contributed by atoms with Gasteiger partial charge in [0.25, 0.3) is 5.91 Å². The first kappa shape index (κ1) is 14.8. The molecule has 0 radical (unpaired) electrons. The number of amides is 1. The van der Waals surface area contributed by atoms with E-state index in [1.807, 2.05) is 0 Å². The van der Waals surface area contributed by atoms with Crippen LogP contribution in [0.1, 0.15) is 23.2 Å². The van der Waals surface area contributed by atoms with E-state index in [1.165, 1.54) is 6.07 Å². The molecule has 1 fully saturated rings. The van der Waals surface area contributed by atoms with Crippen LogP contribution in [0.15, 0.2) is 22.7 Å². The fraction of sp³-hybridized carbons (Fsp3) is 0.385. The van der Waals surface area contributed by atoms with Gasteiger partial charge in [-0.15, -0.1) is 0 Å². The van der Waals surface area contributed by atoms with Crippen LogP contribution in [-0.4, -0.2) is 35.7 Å². The predicted molar refractivity (Wildman–Crippen MR) is 76.4 cm³/mol. The number of hydrogen-bond donors (Lipinski definition) is 3. The van der Waals surface area contributed by atoms with Crippen molar-refractivity contribution in [3.05, 3.63) is 28.2 Å². The molecule has 0 bridgehead atoms. The van der Waals surface area contributed by atoms with Crippen LogP contribution in [0.25, 0.3) is 0 Å². The van der Waals surface area contributed by atoms with Gasteiger partial charge in [-0.25, -0.2) is 4.79 Å². The van der Waals surface area contributed by atoms with E-state index in [4.69, 9.17) is 10.5 Å². The summed E-state index contributed by atoms with van der Waals surface area (Å²) in [5, 5.41) is 12.0. The summed E-state index contributed by atoms with van der Waals surface area (Å²) < 4.78 is 5.84. The Morgan fingerprint density at radius 1 is 1.35 bits per heavy atom. The van der Waals surface area contributed by atoms with Crippen LogP contribution in [0.2, 0.25) is 0 Å². The normalized spacial score (nSPS) is 17.4. The molecule has 6 nitrogen and oxygen atoms in total. The fourth-order valence-corrected chi connectivity index (χ4v) is 2.33. The Hall–Kier alpha value is -1.60. The average Bonchev–Trinajstić information content (AvgIpc) is 2.42. The van der Waals surface area contributed by atoms with Crippen molar-refractivity contribution < 1.29 is 19.4 Å². The van der Waals surface area contributed by atoms with Gasteiger partial charge in [0, 0.05) is 41.8 Å². The third-order valence-electron chi connectivity index (χ3n) is 3.37. The lowest BCUT2D eigenvalue weighted by atomic mass is 9.89. The van der Waals surface area contributed by atoms with Gasteiger partial charge in [0.05, 0.1) is 0 Å². The molecule has 0 atom stereocenters. The van der Waals surface area contributed by atoms with E-state index in [2.05, 4.69) is 21.2 Å². The number of benzene rings is 1. The predicted octanol–water partition coefficient (Wildman–Crippen LogP) is 1.39. The van der Waals surface area contributed by atoms with Gasteiger partial charge in [0.15, 0.2) is 0 Å². The number of hydrogen-bond acceptors (Lipinski definition) is 4. The number of carbonyl (C=O) groups excluding carboxylic acids is 1. The maximum atomic E-state index is 12.2. The highest BCUT2D eigenvalue weighted by atomic mass is 79.9. The number of anilines is 1. The molecule has 1 aliphatic rings. The number of carbonyl (C=O) groups is 2. The van der Waals surface area contributed by atoms with Crippen molar-refractivity contribution in [1.82, 2.24) is 5.32 Å². The third kappa shape index (κ3) is 2.94. The van der Waals surface area contributed by atoms with Crippen LogP contribution in [0, 0.1) is 0 Å². The first-order valence-electron chi connectivity index (χ1n) is 6.13. The molecule has 1 amide bonds. The third-order valence-corrected chi connectivity index (χ3v) is 4.09. The zero-order valence-corrected chi connectivity index (χ0v) is 12.3. The van der Waals surface area contributed by atoms with Gasteiger partial charge < -0.3 is 20.9 Å². The lowest BCUT2D eigenvalue weighted by Crippen LogP contribution is -2.57. The quantitative estimate of drug-likeness (QED) is 0.720. The summed E-state index contributed by atoms with van der Waals surface area (Å²) in [6.07, 6.45) is 0.500. The van der Waals surface area contributed by atoms with E-state index in [0.29, 0.717) is 28.9 Å². The second-order valence-electron chi connectivity index (χ2n) is 4.69. The van der Waals surface area contributed by atoms with E-state index in [-0.39, 0.29) is 12.8 Å². The Morgan fingerprint density at radius 3 is 2.55 bits per heavy atom. The van der Waals surface area contributed by atoms with Crippen molar-refractivity contribution >= 4 is 33.5 Å². The lowest BCUT2D eigenvalue weighted by Gasteiger charge is -2.33. The van der Waals surface area contributed by atoms with Crippen LogP contribution in [-0.2, 0) is 9.53 Å². The van der Waals surface area contributed by atoms with Crippen molar-refractivity contribution in [2.75, 3.05) is 18.9 Å². The average molecular weight is 343 g/mol. The highest BCUT2D eigenvalue weighted by molar-refractivity contribution is 9.10. The van der Waals surface area contributed by atoms with Crippen LogP contribution in [0.3, 0.4) is 0 Å². The molecule has 0 aromatic heterocycles. The number of nitrogens with two attached hydrogens (primary N) is 1. The summed E-state index contributed by atoms with van der Waals surface area (Å²) in [6.45, 7) is 0.629. The summed E-state index contributed by atoms with van der Waals surface area (Å²) >= 11 is 3.24. The monoisotopic (exact) mass is 342 g/mol. The van der Waals surface area contributed by atoms with Crippen molar-refractivity contribution in [2.45, 2.75) is 18.4 Å². The Morgan fingerprint density at radius 2 is 2.00 bits per heavy atom. The van der Waals surface area contributed by atoms with Gasteiger partial charge in [-0.3, -0.25) is 4.79 Å². The van der Waals surface area contributed by atoms with E-state index >= 15 is 0 Å². The Labute approximate surface area is 124 Å². The summed E-state index contributed by atoms with van der Waals surface area (Å²) in [5.41, 5.74) is 5.21. The molecule has 1 aromatic rings. The summed E-state index contributed by atoms with van der Waals surface area (Å²) in [6, 6.07) is 4.75. The van der Waals surface area contributed by atoms with E-state index in [9.17, 15) is 14.7 Å². The molecule has 0 spiro atoms. The number of carboxylic acid groups (broad SMARTS) is 1. The van der Waals surface area contributed by atoms with Crippen LogP contribution >= 0.6 is 15.9 Å². The minimum Gasteiger partial charge on any atom is -0.480 e. The lowest BCUT2D eigenvalue weighted by molar-refractivity contribution is -0.148. The van der Waals surface area contributed by atoms with Gasteiger partial charge in [-0.2, -0.15) is 0 Å². The molecular weight excluding hydrogens is 328 g/mol. The molecule has 0 saturated carbocycles. The van der Waals surface area contributed by atoms with E-state index in [1.54, 1.807) is 12.1 Å². The second kappa shape index (κ2) is 5.80. The first-order valence-corrected chi connectivity index (χ1v) is 6.93. The van der Waals surface area contributed by atoms with Crippen molar-refractivity contribution in [1.29, 1.82) is 0 Å². The number of rotatable bonds is 3. The summed E-state index contributed by atoms with van der Waals surface area (Å²) in [5.74, 6) is -1.49. The Kier molecular flexibility index (Phi) is 4.29. The standard InChI is InChI=1S/C13H15BrN2O4/c14-9-2-1-8(7-10(9)15)11(17)16-13(12(18)19)3-5-20-6-4-13/h1-2,7H,3-6,15H2,(H,16,17)(H,18,19). The maximum Gasteiger partial charge on any atom is 0.329 e. The molecule has 1 aromatic carbocycles. The van der Waals surface area contributed by atoms with Gasteiger partial charge >= 0.3 is 5.97 Å². The smallest absolute Gasteiger partial charge is 0.329 e. The highest BCUT2D eigenvalue weighted by Gasteiger charge is 2.41. The minimum absolute atomic E-state index is 0.250. The number of nitrogens with one attached hydrogen (secondary N) is 1. The molecule has 2 rings (SSSR count). The van der Waals surface area contributed by atoms with Crippen LogP contribution < -0.4 is 11.1 Å². The van der Waals surface area contributed by atoms with Gasteiger partial charge in [0.2, 0.25) is 0 Å². The van der Waals surface area contributed by atoms with Crippen molar-refractivity contribution in [3.63, 3.8) is 0 Å². The molecule has 0 aliphatic carbocycles. The molecule has 7 heteroatoms. The number of halogens is 1. The molecule has 1 saturated heterocycles. The summed E-state index contributed by atoms with van der Waals surface area (Å²) in [4.78, 5) is 23.7. The van der Waals surface area contributed by atoms with Gasteiger partial charge in [-0.1, -0.05) is 0 Å². The highest BCUT2D eigenvalue weighted by Crippen LogP contribution is 2.24. The minimum atomic E-state index is -1.27. The number of ether oxygens (including phenoxy) is 1. The molecule has 20 heavy (non-hydrogen) atoms.